The SMILES string of the molecule is O=C(CC(=O)C(=O)O)NOCCc1ccc(F)cc1. The van der Waals surface area contributed by atoms with Gasteiger partial charge in [-0.05, 0) is 24.1 Å². The van der Waals surface area contributed by atoms with Crippen molar-refractivity contribution in [3.05, 3.63) is 35.6 Å². The number of nitrogens with one attached hydrogen (secondary N) is 1. The molecule has 0 radical (unpaired) electrons. The van der Waals surface area contributed by atoms with Gasteiger partial charge in [-0.2, -0.15) is 0 Å². The van der Waals surface area contributed by atoms with Crippen molar-refractivity contribution >= 4 is 17.7 Å². The van der Waals surface area contributed by atoms with Crippen molar-refractivity contribution < 1.29 is 28.7 Å². The van der Waals surface area contributed by atoms with Crippen LogP contribution in [0.3, 0.4) is 0 Å². The van der Waals surface area contributed by atoms with Crippen LogP contribution in [0.4, 0.5) is 4.39 Å². The standard InChI is InChI=1S/C12H12FNO5/c13-9-3-1-8(2-4-9)5-6-19-14-11(16)7-10(15)12(17)18/h1-4H,5-7H2,(H,14,16)(H,17,18). The van der Waals surface area contributed by atoms with Gasteiger partial charge < -0.3 is 5.11 Å². The summed E-state index contributed by atoms with van der Waals surface area (Å²) >= 11 is 0. The highest BCUT2D eigenvalue weighted by atomic mass is 19.1. The number of aliphatic carboxylic acids is 1. The fourth-order valence-electron chi connectivity index (χ4n) is 1.21. The molecule has 6 nitrogen and oxygen atoms in total. The smallest absolute Gasteiger partial charge is 0.372 e. The van der Waals surface area contributed by atoms with Crippen molar-refractivity contribution in [2.24, 2.45) is 0 Å². The number of benzene rings is 1. The maximum absolute atomic E-state index is 12.6. The molecule has 0 saturated carbocycles. The molecule has 102 valence electrons. The molecule has 0 spiro atoms. The first-order valence-electron chi connectivity index (χ1n) is 5.40. The fraction of sp³-hybridized carbons (Fsp3) is 0.250. The number of hydrogen-bond donors (Lipinski definition) is 2. The van der Waals surface area contributed by atoms with E-state index in [1.165, 1.54) is 12.1 Å². The number of ketones is 1. The Labute approximate surface area is 108 Å². The van der Waals surface area contributed by atoms with Crippen molar-refractivity contribution in [3.8, 4) is 0 Å². The van der Waals surface area contributed by atoms with E-state index in [-0.39, 0.29) is 12.4 Å². The van der Waals surface area contributed by atoms with Crippen molar-refractivity contribution in [2.75, 3.05) is 6.61 Å². The van der Waals surface area contributed by atoms with Crippen LogP contribution in [0.2, 0.25) is 0 Å². The highest BCUT2D eigenvalue weighted by Crippen LogP contribution is 2.03. The quantitative estimate of drug-likeness (QED) is 0.324. The molecule has 0 aromatic heterocycles. The van der Waals surface area contributed by atoms with Crippen molar-refractivity contribution in [2.45, 2.75) is 12.8 Å². The van der Waals surface area contributed by atoms with E-state index in [0.29, 0.717) is 6.42 Å². The number of halogens is 1. The van der Waals surface area contributed by atoms with E-state index in [1.807, 2.05) is 5.48 Å². The van der Waals surface area contributed by atoms with Gasteiger partial charge in [-0.1, -0.05) is 12.1 Å². The second-order valence-corrected chi connectivity index (χ2v) is 3.66. The highest BCUT2D eigenvalue weighted by Gasteiger charge is 2.16. The van der Waals surface area contributed by atoms with E-state index in [4.69, 9.17) is 9.94 Å². The number of hydrogen-bond acceptors (Lipinski definition) is 4. The number of carboxylic acid groups (broad SMARTS) is 1. The van der Waals surface area contributed by atoms with Gasteiger partial charge in [0.25, 0.3) is 5.91 Å². The van der Waals surface area contributed by atoms with Crippen LogP contribution in [0.25, 0.3) is 0 Å². The average molecular weight is 269 g/mol. The molecule has 0 heterocycles. The predicted molar refractivity (Wildman–Crippen MR) is 61.5 cm³/mol. The van der Waals surface area contributed by atoms with Gasteiger partial charge in [0.1, 0.15) is 5.82 Å². The second-order valence-electron chi connectivity index (χ2n) is 3.66. The molecule has 0 unspecified atom stereocenters. The first-order chi connectivity index (χ1) is 8.99. The molecule has 1 rings (SSSR count). The molecular formula is C12H12FNO5. The van der Waals surface area contributed by atoms with Crippen LogP contribution in [0.5, 0.6) is 0 Å². The number of amides is 1. The molecule has 2 N–H and O–H groups in total. The van der Waals surface area contributed by atoms with E-state index < -0.39 is 24.1 Å². The molecule has 1 aromatic rings. The van der Waals surface area contributed by atoms with E-state index in [1.54, 1.807) is 12.1 Å². The van der Waals surface area contributed by atoms with E-state index >= 15 is 0 Å². The lowest BCUT2D eigenvalue weighted by molar-refractivity contribution is -0.151. The molecule has 1 aromatic carbocycles. The summed E-state index contributed by atoms with van der Waals surface area (Å²) in [5.41, 5.74) is 2.77. The van der Waals surface area contributed by atoms with Gasteiger partial charge in [0.05, 0.1) is 13.0 Å². The third-order valence-corrected chi connectivity index (χ3v) is 2.15. The summed E-state index contributed by atoms with van der Waals surface area (Å²) < 4.78 is 12.6. The Balaban J connectivity index is 2.20. The third-order valence-electron chi connectivity index (χ3n) is 2.15. The lowest BCUT2D eigenvalue weighted by Crippen LogP contribution is -2.29. The second kappa shape index (κ2) is 7.22. The summed E-state index contributed by atoms with van der Waals surface area (Å²) in [6.07, 6.45) is -0.334. The molecule has 0 bridgehead atoms. The van der Waals surface area contributed by atoms with Crippen LogP contribution >= 0.6 is 0 Å². The van der Waals surface area contributed by atoms with Crippen molar-refractivity contribution in [1.82, 2.24) is 5.48 Å². The minimum atomic E-state index is -1.67. The number of carboxylic acids is 1. The first kappa shape index (κ1) is 14.8. The lowest BCUT2D eigenvalue weighted by Gasteiger charge is -2.05. The maximum atomic E-state index is 12.6. The van der Waals surface area contributed by atoms with Crippen LogP contribution < -0.4 is 5.48 Å². The molecule has 0 aliphatic carbocycles. The Bertz CT molecular complexity index is 472. The Morgan fingerprint density at radius 1 is 1.21 bits per heavy atom. The zero-order valence-corrected chi connectivity index (χ0v) is 9.89. The zero-order valence-electron chi connectivity index (χ0n) is 9.89. The number of carbonyl (C=O) groups excluding carboxylic acids is 2. The zero-order chi connectivity index (χ0) is 14.3. The van der Waals surface area contributed by atoms with Crippen LogP contribution in [0, 0.1) is 5.82 Å². The molecule has 0 aliphatic rings. The molecule has 0 fully saturated rings. The van der Waals surface area contributed by atoms with E-state index in [9.17, 15) is 18.8 Å². The third kappa shape index (κ3) is 5.73. The number of hydroxylamine groups is 1. The summed E-state index contributed by atoms with van der Waals surface area (Å²) in [6.45, 7) is 0.124. The summed E-state index contributed by atoms with van der Waals surface area (Å²) in [4.78, 5) is 36.7. The summed E-state index contributed by atoms with van der Waals surface area (Å²) in [6, 6.07) is 5.77. The molecular weight excluding hydrogens is 257 g/mol. The molecule has 0 saturated heterocycles. The van der Waals surface area contributed by atoms with Gasteiger partial charge in [0.15, 0.2) is 0 Å². The largest absolute Gasteiger partial charge is 0.475 e. The molecule has 0 aliphatic heterocycles. The highest BCUT2D eigenvalue weighted by molar-refractivity contribution is 6.36. The first-order valence-corrected chi connectivity index (χ1v) is 5.40. The number of carbonyl (C=O) groups is 3. The fourth-order valence-corrected chi connectivity index (χ4v) is 1.21. The Morgan fingerprint density at radius 3 is 2.42 bits per heavy atom. The molecule has 7 heteroatoms. The number of Topliss-reactive ketones (excluding diaryl/α,β-unsaturated/α-hetero) is 1. The van der Waals surface area contributed by atoms with Gasteiger partial charge in [0.2, 0.25) is 5.78 Å². The monoisotopic (exact) mass is 269 g/mol. The van der Waals surface area contributed by atoms with Crippen molar-refractivity contribution in [3.63, 3.8) is 0 Å². The number of rotatable bonds is 7. The maximum Gasteiger partial charge on any atom is 0.372 e. The van der Waals surface area contributed by atoms with Crippen LogP contribution in [-0.4, -0.2) is 29.4 Å². The van der Waals surface area contributed by atoms with Crippen LogP contribution in [0.1, 0.15) is 12.0 Å². The van der Waals surface area contributed by atoms with E-state index in [0.717, 1.165) is 5.56 Å². The Kier molecular flexibility index (Phi) is 5.62. The normalized spacial score (nSPS) is 9.95. The molecule has 0 atom stereocenters. The van der Waals surface area contributed by atoms with Gasteiger partial charge in [-0.15, -0.1) is 0 Å². The van der Waals surface area contributed by atoms with Crippen molar-refractivity contribution in [1.29, 1.82) is 0 Å². The minimum Gasteiger partial charge on any atom is -0.475 e. The summed E-state index contributed by atoms with van der Waals surface area (Å²) in [7, 11) is 0. The van der Waals surface area contributed by atoms with Gasteiger partial charge >= 0.3 is 5.97 Å². The van der Waals surface area contributed by atoms with Gasteiger partial charge in [-0.25, -0.2) is 14.7 Å². The van der Waals surface area contributed by atoms with Crippen LogP contribution in [0.15, 0.2) is 24.3 Å². The van der Waals surface area contributed by atoms with Gasteiger partial charge in [-0.3, -0.25) is 14.4 Å². The van der Waals surface area contributed by atoms with Crippen LogP contribution in [-0.2, 0) is 25.6 Å². The molecule has 1 amide bonds. The summed E-state index contributed by atoms with van der Waals surface area (Å²) in [5.74, 6) is -4.04. The molecule has 19 heavy (non-hydrogen) atoms. The predicted octanol–water partition coefficient (Wildman–Crippen LogP) is 0.460. The topological polar surface area (TPSA) is 92.7 Å². The Morgan fingerprint density at radius 2 is 1.84 bits per heavy atom. The average Bonchev–Trinajstić information content (AvgIpc) is 2.36. The van der Waals surface area contributed by atoms with E-state index in [2.05, 4.69) is 0 Å². The lowest BCUT2D eigenvalue weighted by atomic mass is 10.2. The minimum absolute atomic E-state index is 0.124. The summed E-state index contributed by atoms with van der Waals surface area (Å²) in [5, 5.41) is 8.27. The Hall–Kier alpha value is -2.28. The van der Waals surface area contributed by atoms with Gasteiger partial charge in [0, 0.05) is 0 Å².